The van der Waals surface area contributed by atoms with E-state index in [1.54, 1.807) is 31.3 Å². The van der Waals surface area contributed by atoms with E-state index in [1.165, 1.54) is 49.5 Å². The summed E-state index contributed by atoms with van der Waals surface area (Å²) in [7, 11) is -1.85. The molecule has 0 aromatic heterocycles. The minimum atomic E-state index is -3.53. The van der Waals surface area contributed by atoms with Crippen LogP contribution >= 0.6 is 24.0 Å². The van der Waals surface area contributed by atoms with Gasteiger partial charge in [-0.2, -0.15) is 0 Å². The molecule has 2 aliphatic heterocycles. The van der Waals surface area contributed by atoms with Gasteiger partial charge in [0.15, 0.2) is 0 Å². The fourth-order valence-corrected chi connectivity index (χ4v) is 6.87. The van der Waals surface area contributed by atoms with Gasteiger partial charge in [0.1, 0.15) is 0 Å². The van der Waals surface area contributed by atoms with Gasteiger partial charge in [-0.05, 0) is 101 Å². The molecular formula is C27H39Cl2N3O2S. The molecule has 2 fully saturated rings. The third-order valence-corrected chi connectivity index (χ3v) is 9.58. The van der Waals surface area contributed by atoms with Gasteiger partial charge in [0.05, 0.1) is 4.90 Å². The maximum absolute atomic E-state index is 13.1. The van der Waals surface area contributed by atoms with Crippen LogP contribution in [0.15, 0.2) is 59.5 Å². The standard InChI is InChI=1S/C27H38ClN3O2S.ClH/c1-29(34(32,33)27-11-4-2-5-12-27)22-24(23-9-8-10-25(28)21-23)13-18-30-19-14-26(15-20-30)31-16-6-3-7-17-31;/h2,4-5,8-12,21,24,26H,3,6-7,13-20,22H2,1H3;1H. The first-order chi connectivity index (χ1) is 16.4. The number of likely N-dealkylation sites (N-methyl/N-ethyl adjacent to an activating group) is 1. The number of hydrogen-bond acceptors (Lipinski definition) is 4. The van der Waals surface area contributed by atoms with Crippen molar-refractivity contribution in [2.75, 3.05) is 46.3 Å². The fourth-order valence-electron chi connectivity index (χ4n) is 5.43. The second-order valence-corrected chi connectivity index (χ2v) is 12.3. The fraction of sp³-hybridized carbons (Fsp3) is 0.556. The van der Waals surface area contributed by atoms with Crippen LogP contribution in [0.1, 0.15) is 50.0 Å². The molecule has 2 aromatic carbocycles. The number of benzene rings is 2. The topological polar surface area (TPSA) is 43.9 Å². The molecule has 2 aliphatic rings. The van der Waals surface area contributed by atoms with Gasteiger partial charge < -0.3 is 9.80 Å². The van der Waals surface area contributed by atoms with Crippen LogP contribution in [0.3, 0.4) is 0 Å². The Balaban J connectivity index is 0.00000342. The molecule has 5 nitrogen and oxygen atoms in total. The Kier molecular flexibility index (Phi) is 10.9. The first kappa shape index (κ1) is 28.4. The summed E-state index contributed by atoms with van der Waals surface area (Å²) in [6, 6.07) is 17.3. The SMILES string of the molecule is CN(CC(CCN1CCC(N2CCCCC2)CC1)c1cccc(Cl)c1)S(=O)(=O)c1ccccc1.Cl. The summed E-state index contributed by atoms with van der Waals surface area (Å²) in [4.78, 5) is 5.60. The third kappa shape index (κ3) is 7.67. The van der Waals surface area contributed by atoms with Crippen LogP contribution in [0, 0.1) is 0 Å². The quantitative estimate of drug-likeness (QED) is 0.421. The van der Waals surface area contributed by atoms with Crippen molar-refractivity contribution in [1.29, 1.82) is 0 Å². The molecule has 8 heteroatoms. The first-order valence-corrected chi connectivity index (χ1v) is 14.5. The van der Waals surface area contributed by atoms with Crippen LogP contribution in [0.25, 0.3) is 0 Å². The zero-order valence-electron chi connectivity index (χ0n) is 20.7. The van der Waals surface area contributed by atoms with E-state index in [-0.39, 0.29) is 18.3 Å². The lowest BCUT2D eigenvalue weighted by molar-refractivity contribution is 0.0910. The smallest absolute Gasteiger partial charge is 0.242 e. The molecule has 0 amide bonds. The third-order valence-electron chi connectivity index (χ3n) is 7.51. The van der Waals surface area contributed by atoms with Crippen LogP contribution in [0.5, 0.6) is 0 Å². The number of nitrogens with zero attached hydrogens (tertiary/aromatic N) is 3. The average Bonchev–Trinajstić information content (AvgIpc) is 2.87. The highest BCUT2D eigenvalue weighted by Gasteiger charge is 2.28. The van der Waals surface area contributed by atoms with E-state index in [1.807, 2.05) is 24.3 Å². The van der Waals surface area contributed by atoms with Crippen molar-refractivity contribution in [2.24, 2.45) is 0 Å². The summed E-state index contributed by atoms with van der Waals surface area (Å²) >= 11 is 6.30. The zero-order chi connectivity index (χ0) is 24.0. The summed E-state index contributed by atoms with van der Waals surface area (Å²) in [5.74, 6) is 0.0852. The van der Waals surface area contributed by atoms with Crippen molar-refractivity contribution >= 4 is 34.0 Å². The molecule has 1 unspecified atom stereocenters. The van der Waals surface area contributed by atoms with Gasteiger partial charge in [-0.25, -0.2) is 12.7 Å². The Morgan fingerprint density at radius 1 is 0.971 bits per heavy atom. The van der Waals surface area contributed by atoms with Crippen LogP contribution in [0.4, 0.5) is 0 Å². The van der Waals surface area contributed by atoms with Gasteiger partial charge in [-0.3, -0.25) is 0 Å². The van der Waals surface area contributed by atoms with Crippen molar-refractivity contribution in [2.45, 2.75) is 55.4 Å². The minimum absolute atomic E-state index is 0. The van der Waals surface area contributed by atoms with Crippen LogP contribution < -0.4 is 0 Å². The maximum atomic E-state index is 13.1. The van der Waals surface area contributed by atoms with E-state index < -0.39 is 10.0 Å². The van der Waals surface area contributed by atoms with Crippen molar-refractivity contribution in [3.8, 4) is 0 Å². The van der Waals surface area contributed by atoms with Gasteiger partial charge in [0, 0.05) is 24.7 Å². The predicted molar refractivity (Wildman–Crippen MR) is 147 cm³/mol. The molecule has 2 saturated heterocycles. The zero-order valence-corrected chi connectivity index (χ0v) is 23.1. The van der Waals surface area contributed by atoms with E-state index in [0.717, 1.165) is 37.7 Å². The molecule has 1 atom stereocenters. The molecule has 0 bridgehead atoms. The number of halogens is 2. The molecule has 2 heterocycles. The molecule has 0 saturated carbocycles. The van der Waals surface area contributed by atoms with E-state index >= 15 is 0 Å². The highest BCUT2D eigenvalue weighted by Crippen LogP contribution is 2.27. The Bertz CT molecular complexity index is 1010. The number of hydrogen-bond donors (Lipinski definition) is 0. The predicted octanol–water partition coefficient (Wildman–Crippen LogP) is 5.51. The largest absolute Gasteiger partial charge is 0.303 e. The molecule has 0 spiro atoms. The molecule has 0 aliphatic carbocycles. The van der Waals surface area contributed by atoms with E-state index in [4.69, 9.17) is 11.6 Å². The Labute approximate surface area is 222 Å². The van der Waals surface area contributed by atoms with Gasteiger partial charge in [0.25, 0.3) is 0 Å². The highest BCUT2D eigenvalue weighted by molar-refractivity contribution is 7.89. The Morgan fingerprint density at radius 2 is 1.66 bits per heavy atom. The van der Waals surface area contributed by atoms with Crippen LogP contribution in [0.2, 0.25) is 5.02 Å². The maximum Gasteiger partial charge on any atom is 0.242 e. The van der Waals surface area contributed by atoms with E-state index in [0.29, 0.717) is 16.5 Å². The molecular weight excluding hydrogens is 501 g/mol. The summed E-state index contributed by atoms with van der Waals surface area (Å²) < 4.78 is 27.8. The lowest BCUT2D eigenvalue weighted by atomic mass is 9.94. The van der Waals surface area contributed by atoms with Gasteiger partial charge in [0.2, 0.25) is 10.0 Å². The lowest BCUT2D eigenvalue weighted by Crippen LogP contribution is -2.47. The van der Waals surface area contributed by atoms with Crippen LogP contribution in [-0.2, 0) is 10.0 Å². The van der Waals surface area contributed by atoms with E-state index in [9.17, 15) is 8.42 Å². The molecule has 0 N–H and O–H groups in total. The van der Waals surface area contributed by atoms with Gasteiger partial charge in [-0.1, -0.05) is 48.4 Å². The number of sulfonamides is 1. The normalized spacial score (nSPS) is 19.4. The molecule has 194 valence electrons. The molecule has 2 aromatic rings. The van der Waals surface area contributed by atoms with Crippen molar-refractivity contribution in [1.82, 2.24) is 14.1 Å². The summed E-state index contributed by atoms with van der Waals surface area (Å²) in [5, 5.41) is 0.693. The molecule has 0 radical (unpaired) electrons. The van der Waals surface area contributed by atoms with Crippen molar-refractivity contribution in [3.05, 3.63) is 65.2 Å². The summed E-state index contributed by atoms with van der Waals surface area (Å²) in [6.07, 6.45) is 7.47. The van der Waals surface area contributed by atoms with Crippen molar-refractivity contribution < 1.29 is 8.42 Å². The number of rotatable bonds is 9. The average molecular weight is 541 g/mol. The van der Waals surface area contributed by atoms with E-state index in [2.05, 4.69) is 15.9 Å². The monoisotopic (exact) mass is 539 g/mol. The minimum Gasteiger partial charge on any atom is -0.303 e. The molecule has 35 heavy (non-hydrogen) atoms. The van der Waals surface area contributed by atoms with Crippen LogP contribution in [-0.4, -0.2) is 74.9 Å². The van der Waals surface area contributed by atoms with Gasteiger partial charge in [-0.15, -0.1) is 12.4 Å². The lowest BCUT2D eigenvalue weighted by Gasteiger charge is -2.40. The second kappa shape index (κ2) is 13.4. The first-order valence-electron chi connectivity index (χ1n) is 12.7. The summed E-state index contributed by atoms with van der Waals surface area (Å²) in [6.45, 7) is 6.20. The second-order valence-electron chi connectivity index (χ2n) is 9.81. The highest BCUT2D eigenvalue weighted by atomic mass is 35.5. The van der Waals surface area contributed by atoms with Gasteiger partial charge >= 0.3 is 0 Å². The summed E-state index contributed by atoms with van der Waals surface area (Å²) in [5.41, 5.74) is 1.10. The molecule has 4 rings (SSSR count). The number of likely N-dealkylation sites (tertiary alicyclic amines) is 2. The Hall–Kier alpha value is -1.15. The number of piperidine rings is 2. The Morgan fingerprint density at radius 3 is 2.31 bits per heavy atom. The van der Waals surface area contributed by atoms with Crippen molar-refractivity contribution in [3.63, 3.8) is 0 Å².